The van der Waals surface area contributed by atoms with Crippen molar-refractivity contribution in [2.75, 3.05) is 0 Å². The van der Waals surface area contributed by atoms with E-state index in [9.17, 15) is 4.79 Å². The highest BCUT2D eigenvalue weighted by molar-refractivity contribution is 5.66. The number of hydrogen-bond acceptors (Lipinski definition) is 1. The zero-order valence-corrected chi connectivity index (χ0v) is 8.13. The van der Waals surface area contributed by atoms with E-state index in [1.807, 2.05) is 0 Å². The summed E-state index contributed by atoms with van der Waals surface area (Å²) in [6.45, 7) is 6.25. The molecule has 0 saturated heterocycles. The first-order valence-corrected chi connectivity index (χ1v) is 4.39. The molecule has 0 spiro atoms. The minimum absolute atomic E-state index is 0.293. The highest BCUT2D eigenvalue weighted by atomic mass is 16.4. The summed E-state index contributed by atoms with van der Waals surface area (Å²) in [7, 11) is 0. The Morgan fingerprint density at radius 2 is 2.08 bits per heavy atom. The summed E-state index contributed by atoms with van der Waals surface area (Å²) >= 11 is 0. The molecule has 0 aliphatic rings. The summed E-state index contributed by atoms with van der Waals surface area (Å²) in [6, 6.07) is 0. The summed E-state index contributed by atoms with van der Waals surface area (Å²) in [5.41, 5.74) is 1.30. The first kappa shape index (κ1) is 11.2. The van der Waals surface area contributed by atoms with Gasteiger partial charge < -0.3 is 5.11 Å². The molecule has 0 aromatic carbocycles. The van der Waals surface area contributed by atoms with Crippen molar-refractivity contribution in [3.8, 4) is 0 Å². The summed E-state index contributed by atoms with van der Waals surface area (Å²) < 4.78 is 0. The maximum Gasteiger partial charge on any atom is 0.303 e. The second-order valence-electron chi connectivity index (χ2n) is 3.51. The van der Waals surface area contributed by atoms with Gasteiger partial charge in [-0.2, -0.15) is 0 Å². The molecule has 0 radical (unpaired) electrons. The van der Waals surface area contributed by atoms with E-state index in [0.717, 1.165) is 12.8 Å². The fraction of sp³-hybridized carbons (Fsp3) is 0.700. The van der Waals surface area contributed by atoms with Gasteiger partial charge in [0.25, 0.3) is 0 Å². The summed E-state index contributed by atoms with van der Waals surface area (Å²) in [4.78, 5) is 10.2. The number of carboxylic acid groups (broad SMARTS) is 1. The third kappa shape index (κ3) is 7.32. The van der Waals surface area contributed by atoms with Crippen LogP contribution in [0.25, 0.3) is 0 Å². The first-order valence-electron chi connectivity index (χ1n) is 4.39. The van der Waals surface area contributed by atoms with Gasteiger partial charge in [-0.3, -0.25) is 4.79 Å². The lowest BCUT2D eigenvalue weighted by Gasteiger charge is -2.04. The molecule has 0 fully saturated rings. The lowest BCUT2D eigenvalue weighted by molar-refractivity contribution is -0.137. The van der Waals surface area contributed by atoms with Gasteiger partial charge >= 0.3 is 5.97 Å². The van der Waals surface area contributed by atoms with Gasteiger partial charge in [0.1, 0.15) is 0 Å². The fourth-order valence-electron chi connectivity index (χ4n) is 1.23. The van der Waals surface area contributed by atoms with Crippen LogP contribution in [0.5, 0.6) is 0 Å². The van der Waals surface area contributed by atoms with E-state index in [0.29, 0.717) is 12.3 Å². The minimum atomic E-state index is -0.695. The van der Waals surface area contributed by atoms with Gasteiger partial charge in [0, 0.05) is 6.42 Å². The van der Waals surface area contributed by atoms with Crippen molar-refractivity contribution in [3.05, 3.63) is 11.6 Å². The molecular weight excluding hydrogens is 152 g/mol. The Kier molecular flexibility index (Phi) is 5.43. The van der Waals surface area contributed by atoms with E-state index in [-0.39, 0.29) is 0 Å². The van der Waals surface area contributed by atoms with Crippen LogP contribution in [0.2, 0.25) is 0 Å². The lowest BCUT2D eigenvalue weighted by Crippen LogP contribution is -1.97. The van der Waals surface area contributed by atoms with Gasteiger partial charge in [-0.15, -0.1) is 0 Å². The zero-order chi connectivity index (χ0) is 9.56. The second-order valence-corrected chi connectivity index (χ2v) is 3.51. The van der Waals surface area contributed by atoms with Crippen molar-refractivity contribution in [3.63, 3.8) is 0 Å². The average molecular weight is 170 g/mol. The Hall–Kier alpha value is -0.790. The molecule has 0 aliphatic carbocycles. The summed E-state index contributed by atoms with van der Waals surface area (Å²) in [5, 5.41) is 8.39. The molecule has 0 rings (SSSR count). The molecule has 2 nitrogen and oxygen atoms in total. The molecule has 70 valence electrons. The van der Waals surface area contributed by atoms with Crippen molar-refractivity contribution in [1.82, 2.24) is 0 Å². The molecule has 0 aromatic heterocycles. The van der Waals surface area contributed by atoms with Crippen molar-refractivity contribution >= 4 is 5.97 Å². The molecule has 2 heteroatoms. The number of carbonyl (C=O) groups is 1. The van der Waals surface area contributed by atoms with Crippen LogP contribution in [0.4, 0.5) is 0 Å². The Labute approximate surface area is 74.3 Å². The summed E-state index contributed by atoms with van der Waals surface area (Å²) in [5.74, 6) is -0.186. The monoisotopic (exact) mass is 170 g/mol. The Bertz CT molecular complexity index is 167. The van der Waals surface area contributed by atoms with Crippen molar-refractivity contribution in [2.45, 2.75) is 40.0 Å². The van der Waals surface area contributed by atoms with Crippen molar-refractivity contribution in [1.29, 1.82) is 0 Å². The van der Waals surface area contributed by atoms with Crippen LogP contribution >= 0.6 is 0 Å². The van der Waals surface area contributed by atoms with Crippen LogP contribution < -0.4 is 0 Å². The Balaban J connectivity index is 3.51. The standard InChI is InChI=1S/C10H18O2/c1-8(2)7-9(3)5-4-6-10(11)12/h7,9H,4-6H2,1-3H3,(H,11,12). The molecular formula is C10H18O2. The normalized spacial score (nSPS) is 12.2. The van der Waals surface area contributed by atoms with Gasteiger partial charge in [0.15, 0.2) is 0 Å². The molecule has 0 amide bonds. The highest BCUT2D eigenvalue weighted by Crippen LogP contribution is 2.11. The zero-order valence-electron chi connectivity index (χ0n) is 8.13. The van der Waals surface area contributed by atoms with E-state index >= 15 is 0 Å². The largest absolute Gasteiger partial charge is 0.481 e. The number of rotatable bonds is 5. The highest BCUT2D eigenvalue weighted by Gasteiger charge is 2.00. The van der Waals surface area contributed by atoms with Crippen molar-refractivity contribution < 1.29 is 9.90 Å². The minimum Gasteiger partial charge on any atom is -0.481 e. The Morgan fingerprint density at radius 3 is 2.50 bits per heavy atom. The quantitative estimate of drug-likeness (QED) is 0.644. The van der Waals surface area contributed by atoms with Gasteiger partial charge in [0.2, 0.25) is 0 Å². The van der Waals surface area contributed by atoms with E-state index < -0.39 is 5.97 Å². The average Bonchev–Trinajstić information content (AvgIpc) is 1.84. The Morgan fingerprint density at radius 1 is 1.50 bits per heavy atom. The van der Waals surface area contributed by atoms with E-state index in [2.05, 4.69) is 26.8 Å². The van der Waals surface area contributed by atoms with E-state index in [1.54, 1.807) is 0 Å². The molecule has 1 atom stereocenters. The van der Waals surface area contributed by atoms with Crippen LogP contribution in [0.15, 0.2) is 11.6 Å². The van der Waals surface area contributed by atoms with Gasteiger partial charge in [-0.25, -0.2) is 0 Å². The van der Waals surface area contributed by atoms with Gasteiger partial charge in [-0.05, 0) is 32.6 Å². The van der Waals surface area contributed by atoms with Crippen LogP contribution in [-0.4, -0.2) is 11.1 Å². The number of carboxylic acids is 1. The molecule has 1 N–H and O–H groups in total. The third-order valence-corrected chi connectivity index (χ3v) is 1.67. The molecule has 0 aromatic rings. The molecule has 0 heterocycles. The van der Waals surface area contributed by atoms with Crippen molar-refractivity contribution in [2.24, 2.45) is 5.92 Å². The number of aliphatic carboxylic acids is 1. The van der Waals surface area contributed by atoms with Crippen LogP contribution in [0.3, 0.4) is 0 Å². The van der Waals surface area contributed by atoms with E-state index in [4.69, 9.17) is 5.11 Å². The number of hydrogen-bond donors (Lipinski definition) is 1. The second kappa shape index (κ2) is 5.81. The topological polar surface area (TPSA) is 37.3 Å². The first-order chi connectivity index (χ1) is 5.52. The predicted octanol–water partition coefficient (Wildman–Crippen LogP) is 2.84. The maximum atomic E-state index is 10.2. The lowest BCUT2D eigenvalue weighted by atomic mass is 10.0. The van der Waals surface area contributed by atoms with Crippen LogP contribution in [0.1, 0.15) is 40.0 Å². The molecule has 0 aliphatic heterocycles. The van der Waals surface area contributed by atoms with Gasteiger partial charge in [0.05, 0.1) is 0 Å². The molecule has 0 bridgehead atoms. The predicted molar refractivity (Wildman–Crippen MR) is 50.1 cm³/mol. The smallest absolute Gasteiger partial charge is 0.303 e. The molecule has 0 saturated carbocycles. The van der Waals surface area contributed by atoms with Crippen LogP contribution in [-0.2, 0) is 4.79 Å². The molecule has 1 unspecified atom stereocenters. The molecule has 12 heavy (non-hydrogen) atoms. The van der Waals surface area contributed by atoms with E-state index in [1.165, 1.54) is 5.57 Å². The van der Waals surface area contributed by atoms with Gasteiger partial charge in [-0.1, -0.05) is 18.6 Å². The maximum absolute atomic E-state index is 10.2. The van der Waals surface area contributed by atoms with Crippen LogP contribution in [0, 0.1) is 5.92 Å². The summed E-state index contributed by atoms with van der Waals surface area (Å²) in [6.07, 6.45) is 4.22. The third-order valence-electron chi connectivity index (χ3n) is 1.67. The SMILES string of the molecule is CC(C)=CC(C)CCCC(=O)O. The number of allylic oxidation sites excluding steroid dienone is 2. The fourth-order valence-corrected chi connectivity index (χ4v) is 1.23.